The molecule has 0 N–H and O–H groups in total. The van der Waals surface area contributed by atoms with E-state index in [-0.39, 0.29) is 17.7 Å². The first kappa shape index (κ1) is 18.8. The quantitative estimate of drug-likeness (QED) is 0.768. The number of aromatic nitrogens is 2. The summed E-state index contributed by atoms with van der Waals surface area (Å²) in [6.45, 7) is 2.03. The molecule has 1 aliphatic carbocycles. The Morgan fingerprint density at radius 1 is 1.29 bits per heavy atom. The van der Waals surface area contributed by atoms with Crippen LogP contribution in [0.3, 0.4) is 0 Å². The van der Waals surface area contributed by atoms with Crippen molar-refractivity contribution in [3.05, 3.63) is 30.1 Å². The summed E-state index contributed by atoms with van der Waals surface area (Å²) in [5.74, 6) is 0.0628. The molecule has 4 rings (SSSR count). The molecule has 0 bridgehead atoms. The van der Waals surface area contributed by atoms with Gasteiger partial charge in [-0.25, -0.2) is 0 Å². The third-order valence-corrected chi connectivity index (χ3v) is 5.30. The molecule has 1 fully saturated rings. The Balaban J connectivity index is 1.80. The monoisotopic (exact) mass is 393 g/mol. The van der Waals surface area contributed by atoms with Crippen LogP contribution in [0.25, 0.3) is 11.1 Å². The minimum Gasteiger partial charge on any atom is -0.483 e. The summed E-state index contributed by atoms with van der Waals surface area (Å²) in [7, 11) is 0. The third kappa shape index (κ3) is 3.59. The first-order valence-corrected chi connectivity index (χ1v) is 9.44. The van der Waals surface area contributed by atoms with Crippen molar-refractivity contribution in [3.8, 4) is 16.9 Å². The Morgan fingerprint density at radius 2 is 2.04 bits per heavy atom. The zero-order valence-corrected chi connectivity index (χ0v) is 15.8. The van der Waals surface area contributed by atoms with Crippen molar-refractivity contribution in [3.63, 3.8) is 0 Å². The Hall–Kier alpha value is -2.51. The molecular formula is C20H22F3N3O2. The predicted molar refractivity (Wildman–Crippen MR) is 98.4 cm³/mol. The van der Waals surface area contributed by atoms with Crippen LogP contribution in [-0.4, -0.2) is 34.5 Å². The van der Waals surface area contributed by atoms with Gasteiger partial charge < -0.3 is 9.64 Å². The van der Waals surface area contributed by atoms with Crippen molar-refractivity contribution in [2.75, 3.05) is 11.5 Å². The van der Waals surface area contributed by atoms with E-state index >= 15 is 0 Å². The number of alkyl halides is 3. The Labute approximate surface area is 161 Å². The summed E-state index contributed by atoms with van der Waals surface area (Å²) in [6, 6.07) is 3.90. The second-order valence-corrected chi connectivity index (χ2v) is 7.56. The van der Waals surface area contributed by atoms with Crippen molar-refractivity contribution in [2.45, 2.75) is 57.8 Å². The number of benzene rings is 1. The lowest BCUT2D eigenvalue weighted by Crippen LogP contribution is -2.41. The molecule has 1 aliphatic heterocycles. The zero-order chi connectivity index (χ0) is 20.1. The van der Waals surface area contributed by atoms with Gasteiger partial charge in [0, 0.05) is 35.9 Å². The van der Waals surface area contributed by atoms with Crippen molar-refractivity contribution < 1.29 is 22.7 Å². The summed E-state index contributed by atoms with van der Waals surface area (Å²) in [5, 5.41) is 4.35. The Kier molecular flexibility index (Phi) is 4.59. The number of anilines is 1. The van der Waals surface area contributed by atoms with Gasteiger partial charge >= 0.3 is 6.18 Å². The van der Waals surface area contributed by atoms with Gasteiger partial charge in [0.2, 0.25) is 5.91 Å². The Bertz CT molecular complexity index is 903. The number of hydrogen-bond acceptors (Lipinski definition) is 3. The van der Waals surface area contributed by atoms with E-state index in [0.717, 1.165) is 18.4 Å². The second kappa shape index (κ2) is 6.83. The van der Waals surface area contributed by atoms with Crippen LogP contribution in [-0.2, 0) is 11.2 Å². The van der Waals surface area contributed by atoms with E-state index in [2.05, 4.69) is 5.10 Å². The molecule has 1 amide bonds. The van der Waals surface area contributed by atoms with Gasteiger partial charge in [0.15, 0.2) is 6.61 Å². The lowest BCUT2D eigenvalue weighted by atomic mass is 9.92. The highest BCUT2D eigenvalue weighted by Gasteiger charge is 2.33. The van der Waals surface area contributed by atoms with E-state index < -0.39 is 12.8 Å². The maximum atomic E-state index is 12.9. The number of fused-ring (bicyclic) bond motifs is 1. The maximum Gasteiger partial charge on any atom is 0.422 e. The molecule has 150 valence electrons. The van der Waals surface area contributed by atoms with E-state index in [0.29, 0.717) is 35.7 Å². The number of ether oxygens (including phenoxy) is 1. The average Bonchev–Trinajstić information content (AvgIpc) is 3.35. The topological polar surface area (TPSA) is 47.4 Å². The molecule has 28 heavy (non-hydrogen) atoms. The summed E-state index contributed by atoms with van der Waals surface area (Å²) in [6.07, 6.45) is 2.42. The van der Waals surface area contributed by atoms with Crippen molar-refractivity contribution >= 4 is 11.6 Å². The lowest BCUT2D eigenvalue weighted by molar-refractivity contribution is -0.153. The van der Waals surface area contributed by atoms with Gasteiger partial charge in [0.1, 0.15) is 5.75 Å². The number of carbonyl (C=O) groups excluding carboxylic acids is 1. The maximum absolute atomic E-state index is 12.9. The summed E-state index contributed by atoms with van der Waals surface area (Å²) < 4.78 is 45.8. The number of amides is 1. The molecule has 0 radical (unpaired) electrons. The van der Waals surface area contributed by atoms with Crippen LogP contribution in [0.2, 0.25) is 0 Å². The minimum atomic E-state index is -4.44. The number of halogens is 3. The normalized spacial score (nSPS) is 19.5. The predicted octanol–water partition coefficient (Wildman–Crippen LogP) is 4.51. The van der Waals surface area contributed by atoms with Gasteiger partial charge in [0.25, 0.3) is 0 Å². The van der Waals surface area contributed by atoms with Crippen LogP contribution in [0, 0.1) is 0 Å². The summed E-state index contributed by atoms with van der Waals surface area (Å²) in [5.41, 5.74) is 2.57. The smallest absolute Gasteiger partial charge is 0.422 e. The largest absolute Gasteiger partial charge is 0.483 e. The lowest BCUT2D eigenvalue weighted by Gasteiger charge is -2.36. The van der Waals surface area contributed by atoms with Crippen LogP contribution >= 0.6 is 0 Å². The average molecular weight is 393 g/mol. The molecule has 2 aromatic rings. The molecule has 1 unspecified atom stereocenters. The molecule has 0 spiro atoms. The molecule has 1 aromatic heterocycles. The molecule has 1 atom stereocenters. The van der Waals surface area contributed by atoms with Crippen molar-refractivity contribution in [2.24, 2.45) is 0 Å². The van der Waals surface area contributed by atoms with Gasteiger partial charge in [-0.05, 0) is 44.7 Å². The van der Waals surface area contributed by atoms with Crippen LogP contribution < -0.4 is 9.64 Å². The molecule has 1 aromatic carbocycles. The minimum absolute atomic E-state index is 0.0102. The van der Waals surface area contributed by atoms with E-state index in [9.17, 15) is 18.0 Å². The number of rotatable bonds is 4. The highest BCUT2D eigenvalue weighted by Crippen LogP contribution is 2.44. The second-order valence-electron chi connectivity index (χ2n) is 7.56. The summed E-state index contributed by atoms with van der Waals surface area (Å²) in [4.78, 5) is 13.8. The van der Waals surface area contributed by atoms with Crippen molar-refractivity contribution in [1.82, 2.24) is 9.78 Å². The summed E-state index contributed by atoms with van der Waals surface area (Å²) >= 11 is 0. The molecule has 0 saturated heterocycles. The fourth-order valence-corrected chi connectivity index (χ4v) is 3.85. The highest BCUT2D eigenvalue weighted by atomic mass is 19.4. The first-order valence-electron chi connectivity index (χ1n) is 9.44. The van der Waals surface area contributed by atoms with E-state index in [1.54, 1.807) is 23.2 Å². The fraction of sp³-hybridized carbons (Fsp3) is 0.500. The van der Waals surface area contributed by atoms with E-state index in [1.165, 1.54) is 6.92 Å². The number of carbonyl (C=O) groups is 1. The molecule has 5 nitrogen and oxygen atoms in total. The van der Waals surface area contributed by atoms with Crippen LogP contribution in [0.1, 0.15) is 44.7 Å². The molecule has 2 aliphatic rings. The van der Waals surface area contributed by atoms with Gasteiger partial charge in [-0.1, -0.05) is 0 Å². The van der Waals surface area contributed by atoms with Gasteiger partial charge in [-0.2, -0.15) is 18.3 Å². The van der Waals surface area contributed by atoms with Crippen LogP contribution in [0.15, 0.2) is 24.5 Å². The van der Waals surface area contributed by atoms with E-state index in [4.69, 9.17) is 4.74 Å². The zero-order valence-electron chi connectivity index (χ0n) is 15.8. The fourth-order valence-electron chi connectivity index (χ4n) is 3.85. The molecule has 8 heteroatoms. The number of hydrogen-bond donors (Lipinski definition) is 0. The molecule has 2 heterocycles. The van der Waals surface area contributed by atoms with Crippen molar-refractivity contribution in [1.29, 1.82) is 0 Å². The van der Waals surface area contributed by atoms with Gasteiger partial charge in [-0.15, -0.1) is 0 Å². The first-order chi connectivity index (χ1) is 13.2. The molecule has 1 saturated carbocycles. The standard InChI is InChI=1S/C20H22F3N3O2/c1-12-3-6-17-18(26(12)13(2)27)8-7-16(19(17)28-11-20(21,22)23)14-9-24-25(10-14)15-4-5-15/h7-10,12,15H,3-6,11H2,1-2H3. The van der Waals surface area contributed by atoms with Crippen LogP contribution in [0.4, 0.5) is 18.9 Å². The van der Waals surface area contributed by atoms with Crippen LogP contribution in [0.5, 0.6) is 5.75 Å². The Morgan fingerprint density at radius 3 is 2.68 bits per heavy atom. The number of nitrogens with zero attached hydrogens (tertiary/aromatic N) is 3. The highest BCUT2D eigenvalue weighted by molar-refractivity contribution is 5.95. The molecular weight excluding hydrogens is 371 g/mol. The SMILES string of the molecule is CC(=O)N1c2ccc(-c3cnn(C4CC4)c3)c(OCC(F)(F)F)c2CCC1C. The van der Waals surface area contributed by atoms with Gasteiger partial charge in [-0.3, -0.25) is 9.48 Å². The third-order valence-electron chi connectivity index (χ3n) is 5.30. The van der Waals surface area contributed by atoms with E-state index in [1.807, 2.05) is 17.8 Å². The van der Waals surface area contributed by atoms with Gasteiger partial charge in [0.05, 0.1) is 17.9 Å².